The summed E-state index contributed by atoms with van der Waals surface area (Å²) in [5.74, 6) is -0.181. The topological polar surface area (TPSA) is 114 Å². The van der Waals surface area contributed by atoms with E-state index in [1.807, 2.05) is 6.92 Å². The molecule has 8 nitrogen and oxygen atoms in total. The first-order valence-electron chi connectivity index (χ1n) is 6.33. The number of rotatable bonds is 4. The van der Waals surface area contributed by atoms with Gasteiger partial charge in [-0.15, -0.1) is 0 Å². The van der Waals surface area contributed by atoms with Gasteiger partial charge in [0, 0.05) is 25.9 Å². The molecule has 0 aromatic carbocycles. The summed E-state index contributed by atoms with van der Waals surface area (Å²) in [7, 11) is 1.73. The van der Waals surface area contributed by atoms with Crippen LogP contribution in [0.15, 0.2) is 5.22 Å². The third kappa shape index (κ3) is 3.75. The van der Waals surface area contributed by atoms with E-state index >= 15 is 0 Å². The second-order valence-electron chi connectivity index (χ2n) is 4.67. The van der Waals surface area contributed by atoms with Gasteiger partial charge in [-0.05, 0) is 31.7 Å². The first kappa shape index (κ1) is 15.1. The summed E-state index contributed by atoms with van der Waals surface area (Å²) in [5, 5.41) is 14.9. The van der Waals surface area contributed by atoms with Gasteiger partial charge in [0.1, 0.15) is 6.04 Å². The van der Waals surface area contributed by atoms with Crippen molar-refractivity contribution in [3.8, 4) is 0 Å². The predicted octanol–water partition coefficient (Wildman–Crippen LogP) is 0.134. The maximum Gasteiger partial charge on any atom is 0.266 e. The van der Waals surface area contributed by atoms with E-state index in [1.165, 1.54) is 0 Å². The minimum absolute atomic E-state index is 0.0216. The monoisotopic (exact) mass is 269 g/mol. The SMILES string of the molecule is CCN(C)C(=O)[C@H]1CCCC(N(N=[N+]=N)C(=O)[O-])C1. The van der Waals surface area contributed by atoms with E-state index in [9.17, 15) is 14.7 Å². The Bertz CT molecular complexity index is 392. The summed E-state index contributed by atoms with van der Waals surface area (Å²) in [5.41, 5.74) is 6.63. The van der Waals surface area contributed by atoms with Gasteiger partial charge in [0.25, 0.3) is 6.09 Å². The molecule has 1 rings (SSSR count). The van der Waals surface area contributed by atoms with Gasteiger partial charge in [-0.25, -0.2) is 0 Å². The molecule has 19 heavy (non-hydrogen) atoms. The van der Waals surface area contributed by atoms with Crippen LogP contribution in [0.1, 0.15) is 32.6 Å². The molecule has 1 fully saturated rings. The highest BCUT2D eigenvalue weighted by molar-refractivity contribution is 5.78. The quantitative estimate of drug-likeness (QED) is 0.444. The van der Waals surface area contributed by atoms with E-state index in [1.54, 1.807) is 11.9 Å². The molecule has 1 saturated carbocycles. The average molecular weight is 269 g/mol. The van der Waals surface area contributed by atoms with Gasteiger partial charge in [-0.1, -0.05) is 5.01 Å². The summed E-state index contributed by atoms with van der Waals surface area (Å²) in [6.07, 6.45) is 1.01. The van der Waals surface area contributed by atoms with Crippen LogP contribution in [0.2, 0.25) is 0 Å². The maximum absolute atomic E-state index is 12.1. The second-order valence-corrected chi connectivity index (χ2v) is 4.67. The Morgan fingerprint density at radius 2 is 2.16 bits per heavy atom. The molecule has 2 amide bonds. The van der Waals surface area contributed by atoms with Gasteiger partial charge >= 0.3 is 0 Å². The highest BCUT2D eigenvalue weighted by Gasteiger charge is 2.36. The Hall–Kier alpha value is -1.95. The van der Waals surface area contributed by atoms with E-state index < -0.39 is 12.1 Å². The van der Waals surface area contributed by atoms with Crippen LogP contribution in [0.5, 0.6) is 0 Å². The summed E-state index contributed by atoms with van der Waals surface area (Å²) in [4.78, 5) is 27.4. The van der Waals surface area contributed by atoms with Gasteiger partial charge < -0.3 is 14.8 Å². The minimum Gasteiger partial charge on any atom is -0.509 e. The van der Waals surface area contributed by atoms with Crippen LogP contribution in [0.4, 0.5) is 4.79 Å². The van der Waals surface area contributed by atoms with Crippen LogP contribution in [0.3, 0.4) is 0 Å². The zero-order chi connectivity index (χ0) is 14.4. The van der Waals surface area contributed by atoms with Crippen LogP contribution in [-0.4, -0.2) is 41.5 Å². The molecule has 1 aliphatic carbocycles. The summed E-state index contributed by atoms with van der Waals surface area (Å²) in [6.45, 7) is 2.51. The van der Waals surface area contributed by atoms with Crippen LogP contribution in [0, 0.1) is 11.4 Å². The lowest BCUT2D eigenvalue weighted by Gasteiger charge is -2.30. The highest BCUT2D eigenvalue weighted by Crippen LogP contribution is 2.29. The molecular weight excluding hydrogens is 250 g/mol. The Labute approximate surface area is 111 Å². The standard InChI is InChI=1S/C11H19N5O3/c1-3-15(2)10(17)8-5-4-6-9(7-8)16(11(18)19)14-13-12/h8-9,12H,3-7H2,1-2H3/t8-,9?/m0/s1. The zero-order valence-corrected chi connectivity index (χ0v) is 11.2. The van der Waals surface area contributed by atoms with Crippen molar-refractivity contribution in [1.82, 2.24) is 14.8 Å². The van der Waals surface area contributed by atoms with Gasteiger partial charge in [-0.3, -0.25) is 4.79 Å². The van der Waals surface area contributed by atoms with Gasteiger partial charge in [0.2, 0.25) is 11.1 Å². The lowest BCUT2D eigenvalue weighted by Crippen LogP contribution is -2.47. The molecule has 0 spiro atoms. The molecule has 0 aromatic heterocycles. The Morgan fingerprint density at radius 3 is 2.68 bits per heavy atom. The third-order valence-electron chi connectivity index (χ3n) is 3.52. The minimum atomic E-state index is -1.49. The molecule has 8 heteroatoms. The van der Waals surface area contributed by atoms with Crippen molar-refractivity contribution in [2.45, 2.75) is 38.6 Å². The first-order valence-corrected chi connectivity index (χ1v) is 6.33. The fraction of sp³-hybridized carbons (Fsp3) is 0.818. The second kappa shape index (κ2) is 6.84. The van der Waals surface area contributed by atoms with Crippen LogP contribution in [-0.2, 0) is 4.79 Å². The average Bonchev–Trinajstić information content (AvgIpc) is 2.42. The van der Waals surface area contributed by atoms with Crippen molar-refractivity contribution in [3.63, 3.8) is 0 Å². The molecule has 0 bridgehead atoms. The van der Waals surface area contributed by atoms with Crippen LogP contribution in [0.25, 0.3) is 0 Å². The number of nitrogens with zero attached hydrogens (tertiary/aromatic N) is 4. The number of carboxylic acid groups (broad SMARTS) is 1. The molecular formula is C11H19N5O3. The maximum atomic E-state index is 12.1. The van der Waals surface area contributed by atoms with Gasteiger partial charge in [-0.2, -0.15) is 0 Å². The zero-order valence-electron chi connectivity index (χ0n) is 11.2. The lowest BCUT2D eigenvalue weighted by molar-refractivity contribution is -0.269. The summed E-state index contributed by atoms with van der Waals surface area (Å²) < 4.78 is 0. The van der Waals surface area contributed by atoms with Crippen molar-refractivity contribution >= 4 is 12.0 Å². The lowest BCUT2D eigenvalue weighted by atomic mass is 9.84. The van der Waals surface area contributed by atoms with Gasteiger partial charge in [0.15, 0.2) is 0 Å². The third-order valence-corrected chi connectivity index (χ3v) is 3.52. The summed E-state index contributed by atoms with van der Waals surface area (Å²) >= 11 is 0. The van der Waals surface area contributed by atoms with E-state index in [4.69, 9.17) is 5.53 Å². The number of amides is 2. The van der Waals surface area contributed by atoms with E-state index in [-0.39, 0.29) is 11.8 Å². The van der Waals surface area contributed by atoms with Crippen molar-refractivity contribution in [3.05, 3.63) is 0 Å². The first-order chi connectivity index (χ1) is 9.01. The Balaban J connectivity index is 2.75. The molecule has 0 heterocycles. The Kier molecular flexibility index (Phi) is 5.44. The van der Waals surface area contributed by atoms with Crippen LogP contribution >= 0.6 is 0 Å². The number of nitrogens with one attached hydrogen (secondary N) is 1. The van der Waals surface area contributed by atoms with E-state index in [0.717, 1.165) is 12.8 Å². The number of carbonyl (C=O) groups is 2. The van der Waals surface area contributed by atoms with E-state index in [0.29, 0.717) is 24.4 Å². The molecule has 0 radical (unpaired) electrons. The molecule has 1 unspecified atom stereocenters. The van der Waals surface area contributed by atoms with Gasteiger partial charge in [0.05, 0.1) is 4.91 Å². The molecule has 0 aliphatic heterocycles. The fourth-order valence-electron chi connectivity index (χ4n) is 2.38. The van der Waals surface area contributed by atoms with E-state index in [2.05, 4.69) is 10.1 Å². The van der Waals surface area contributed by atoms with Crippen LogP contribution < -0.4 is 10.0 Å². The number of carbonyl (C=O) groups excluding carboxylic acids is 2. The molecule has 106 valence electrons. The fourth-order valence-corrected chi connectivity index (χ4v) is 2.38. The largest absolute Gasteiger partial charge is 0.509 e. The number of hydrogen-bond acceptors (Lipinski definition) is 5. The highest BCUT2D eigenvalue weighted by atomic mass is 16.4. The normalized spacial score (nSPS) is 22.2. The van der Waals surface area contributed by atoms with Crippen molar-refractivity contribution < 1.29 is 14.7 Å². The van der Waals surface area contributed by atoms with Crippen molar-refractivity contribution in [2.75, 3.05) is 13.6 Å². The molecule has 1 N–H and O–H groups in total. The Morgan fingerprint density at radius 1 is 1.47 bits per heavy atom. The summed E-state index contributed by atoms with van der Waals surface area (Å²) in [6, 6.07) is -0.438. The molecule has 0 saturated heterocycles. The molecule has 2 atom stereocenters. The molecule has 0 aromatic rings. The van der Waals surface area contributed by atoms with Crippen molar-refractivity contribution in [1.29, 1.82) is 5.53 Å². The van der Waals surface area contributed by atoms with Crippen molar-refractivity contribution in [2.24, 2.45) is 11.1 Å². The number of hydrogen-bond donors (Lipinski definition) is 1. The smallest absolute Gasteiger partial charge is 0.266 e. The predicted molar refractivity (Wildman–Crippen MR) is 63.6 cm³/mol. The molecule has 1 aliphatic rings.